The smallest absolute Gasteiger partial charge is 0.319 e. The number of benzene rings is 1. The van der Waals surface area contributed by atoms with E-state index < -0.39 is 11.1 Å². The third-order valence-corrected chi connectivity index (χ3v) is 5.21. The minimum absolute atomic E-state index is 0.0465. The number of carbonyl (C=O) groups is 2. The standard InChI is InChI=1S/C15H19BrFNO3S/c1-5-21-15(20)14(8(2)3)22-13-7-12(18-9(4)19)11(17)6-10(13)16/h6-8,14H,5H2,1-4H3,(H,18,19). The zero-order valence-corrected chi connectivity index (χ0v) is 15.3. The van der Waals surface area contributed by atoms with Crippen molar-refractivity contribution in [1.82, 2.24) is 0 Å². The number of thioether (sulfide) groups is 1. The van der Waals surface area contributed by atoms with Crippen LogP contribution in [0.5, 0.6) is 0 Å². The van der Waals surface area contributed by atoms with Crippen molar-refractivity contribution in [2.45, 2.75) is 37.8 Å². The van der Waals surface area contributed by atoms with Gasteiger partial charge in [0.1, 0.15) is 11.1 Å². The second kappa shape index (κ2) is 8.53. The Kier molecular flexibility index (Phi) is 7.35. The molecule has 1 unspecified atom stereocenters. The minimum atomic E-state index is -0.538. The van der Waals surface area contributed by atoms with E-state index in [-0.39, 0.29) is 23.5 Å². The van der Waals surface area contributed by atoms with Crippen LogP contribution in [-0.2, 0) is 14.3 Å². The molecule has 1 rings (SSSR count). The zero-order chi connectivity index (χ0) is 16.9. The predicted molar refractivity (Wildman–Crippen MR) is 89.5 cm³/mol. The highest BCUT2D eigenvalue weighted by molar-refractivity contribution is 9.10. The lowest BCUT2D eigenvalue weighted by Crippen LogP contribution is -2.25. The highest BCUT2D eigenvalue weighted by Gasteiger charge is 2.26. The lowest BCUT2D eigenvalue weighted by Gasteiger charge is -2.20. The zero-order valence-electron chi connectivity index (χ0n) is 12.9. The fraction of sp³-hybridized carbons (Fsp3) is 0.467. The fourth-order valence-electron chi connectivity index (χ4n) is 1.72. The van der Waals surface area contributed by atoms with E-state index in [1.54, 1.807) is 6.92 Å². The fourth-order valence-corrected chi connectivity index (χ4v) is 3.39. The molecule has 0 aliphatic rings. The number of amides is 1. The van der Waals surface area contributed by atoms with Crippen molar-refractivity contribution in [3.8, 4) is 0 Å². The number of carbonyl (C=O) groups excluding carboxylic acids is 2. The van der Waals surface area contributed by atoms with Crippen LogP contribution < -0.4 is 5.32 Å². The van der Waals surface area contributed by atoms with Crippen LogP contribution in [0.2, 0.25) is 0 Å². The molecule has 1 atom stereocenters. The Morgan fingerprint density at radius 2 is 2.05 bits per heavy atom. The summed E-state index contributed by atoms with van der Waals surface area (Å²) in [4.78, 5) is 23.8. The molecule has 0 aliphatic carbocycles. The van der Waals surface area contributed by atoms with E-state index in [1.165, 1.54) is 30.8 Å². The van der Waals surface area contributed by atoms with Gasteiger partial charge < -0.3 is 10.1 Å². The summed E-state index contributed by atoms with van der Waals surface area (Å²) >= 11 is 4.57. The Morgan fingerprint density at radius 3 is 2.55 bits per heavy atom. The Morgan fingerprint density at radius 1 is 1.41 bits per heavy atom. The maximum absolute atomic E-state index is 13.8. The van der Waals surface area contributed by atoms with Gasteiger partial charge >= 0.3 is 5.97 Å². The van der Waals surface area contributed by atoms with Crippen molar-refractivity contribution in [2.24, 2.45) is 5.92 Å². The number of hydrogen-bond donors (Lipinski definition) is 1. The molecule has 1 aromatic rings. The molecule has 0 radical (unpaired) electrons. The van der Waals surface area contributed by atoms with E-state index in [1.807, 2.05) is 13.8 Å². The van der Waals surface area contributed by atoms with E-state index in [0.29, 0.717) is 16.0 Å². The second-order valence-corrected chi connectivity index (χ2v) is 7.02. The molecule has 0 saturated heterocycles. The molecule has 1 amide bonds. The number of rotatable bonds is 6. The van der Waals surface area contributed by atoms with Gasteiger partial charge in [0.2, 0.25) is 5.91 Å². The second-order valence-electron chi connectivity index (χ2n) is 4.98. The van der Waals surface area contributed by atoms with E-state index in [4.69, 9.17) is 4.74 Å². The van der Waals surface area contributed by atoms with Gasteiger partial charge in [0.25, 0.3) is 0 Å². The third kappa shape index (κ3) is 5.28. The Labute approximate surface area is 142 Å². The Balaban J connectivity index is 3.08. The first-order valence-electron chi connectivity index (χ1n) is 6.86. The average molecular weight is 392 g/mol. The maximum Gasteiger partial charge on any atom is 0.319 e. The molecule has 0 saturated carbocycles. The molecule has 0 aliphatic heterocycles. The van der Waals surface area contributed by atoms with E-state index in [9.17, 15) is 14.0 Å². The predicted octanol–water partition coefficient (Wildman–Crippen LogP) is 4.23. The summed E-state index contributed by atoms with van der Waals surface area (Å²) in [6, 6.07) is 2.79. The molecule has 7 heteroatoms. The van der Waals surface area contributed by atoms with Crippen molar-refractivity contribution >= 4 is 45.3 Å². The molecule has 0 bridgehead atoms. The summed E-state index contributed by atoms with van der Waals surface area (Å²) < 4.78 is 19.4. The molecule has 0 spiro atoms. The number of hydrogen-bond acceptors (Lipinski definition) is 4. The Bertz CT molecular complexity index is 566. The van der Waals surface area contributed by atoms with Crippen LogP contribution in [-0.4, -0.2) is 23.7 Å². The molecule has 4 nitrogen and oxygen atoms in total. The lowest BCUT2D eigenvalue weighted by atomic mass is 10.1. The first-order chi connectivity index (χ1) is 10.3. The number of halogens is 2. The van der Waals surface area contributed by atoms with Crippen LogP contribution in [0.3, 0.4) is 0 Å². The normalized spacial score (nSPS) is 12.1. The molecule has 1 N–H and O–H groups in total. The summed E-state index contributed by atoms with van der Waals surface area (Å²) in [6.07, 6.45) is 0. The lowest BCUT2D eigenvalue weighted by molar-refractivity contribution is -0.143. The summed E-state index contributed by atoms with van der Waals surface area (Å²) in [5, 5.41) is 2.02. The van der Waals surface area contributed by atoms with E-state index >= 15 is 0 Å². The minimum Gasteiger partial charge on any atom is -0.465 e. The van der Waals surface area contributed by atoms with Crippen molar-refractivity contribution in [3.05, 3.63) is 22.4 Å². The van der Waals surface area contributed by atoms with E-state index in [2.05, 4.69) is 21.2 Å². The number of ether oxygens (including phenoxy) is 1. The quantitative estimate of drug-likeness (QED) is 0.582. The molecule has 0 fully saturated rings. The van der Waals surface area contributed by atoms with Crippen LogP contribution in [0.15, 0.2) is 21.5 Å². The molecule has 122 valence electrons. The van der Waals surface area contributed by atoms with Gasteiger partial charge in [-0.05, 0) is 40.9 Å². The van der Waals surface area contributed by atoms with Gasteiger partial charge in [-0.2, -0.15) is 0 Å². The van der Waals surface area contributed by atoms with Crippen LogP contribution in [0.4, 0.5) is 10.1 Å². The van der Waals surface area contributed by atoms with Crippen molar-refractivity contribution in [1.29, 1.82) is 0 Å². The highest BCUT2D eigenvalue weighted by atomic mass is 79.9. The van der Waals surface area contributed by atoms with Gasteiger partial charge in [0.15, 0.2) is 0 Å². The van der Waals surface area contributed by atoms with E-state index in [0.717, 1.165) is 0 Å². The van der Waals surface area contributed by atoms with Crippen LogP contribution in [0.1, 0.15) is 27.7 Å². The average Bonchev–Trinajstić information content (AvgIpc) is 2.39. The summed E-state index contributed by atoms with van der Waals surface area (Å²) in [7, 11) is 0. The molecule has 1 aromatic carbocycles. The number of anilines is 1. The van der Waals surface area contributed by atoms with Crippen LogP contribution in [0.25, 0.3) is 0 Å². The van der Waals surface area contributed by atoms with Crippen LogP contribution in [0, 0.1) is 11.7 Å². The molecule has 22 heavy (non-hydrogen) atoms. The van der Waals surface area contributed by atoms with Gasteiger partial charge in [-0.25, -0.2) is 4.39 Å². The topological polar surface area (TPSA) is 55.4 Å². The third-order valence-electron chi connectivity index (χ3n) is 2.71. The first kappa shape index (κ1) is 19.0. The molecular weight excluding hydrogens is 373 g/mol. The number of esters is 1. The largest absolute Gasteiger partial charge is 0.465 e. The summed E-state index contributed by atoms with van der Waals surface area (Å²) in [6.45, 7) is 7.21. The summed E-state index contributed by atoms with van der Waals surface area (Å²) in [5.74, 6) is -1.16. The van der Waals surface area contributed by atoms with Gasteiger partial charge in [0, 0.05) is 16.3 Å². The number of nitrogens with one attached hydrogen (secondary N) is 1. The van der Waals surface area contributed by atoms with Gasteiger partial charge in [-0.3, -0.25) is 9.59 Å². The van der Waals surface area contributed by atoms with Gasteiger partial charge in [0.05, 0.1) is 12.3 Å². The van der Waals surface area contributed by atoms with Crippen molar-refractivity contribution < 1.29 is 18.7 Å². The SMILES string of the molecule is CCOC(=O)C(Sc1cc(NC(C)=O)c(F)cc1Br)C(C)C. The summed E-state index contributed by atoms with van der Waals surface area (Å²) in [5.41, 5.74) is 0.0876. The highest BCUT2D eigenvalue weighted by Crippen LogP contribution is 2.37. The maximum atomic E-state index is 13.8. The molecule has 0 heterocycles. The Hall–Kier alpha value is -1.08. The van der Waals surface area contributed by atoms with Gasteiger partial charge in [-0.15, -0.1) is 11.8 Å². The van der Waals surface area contributed by atoms with Gasteiger partial charge in [-0.1, -0.05) is 13.8 Å². The monoisotopic (exact) mass is 391 g/mol. The first-order valence-corrected chi connectivity index (χ1v) is 8.53. The van der Waals surface area contributed by atoms with Crippen molar-refractivity contribution in [3.63, 3.8) is 0 Å². The molecule has 0 aromatic heterocycles. The van der Waals surface area contributed by atoms with Crippen molar-refractivity contribution in [2.75, 3.05) is 11.9 Å². The van der Waals surface area contributed by atoms with Crippen LogP contribution >= 0.6 is 27.7 Å². The molecular formula is C15H19BrFNO3S.